The summed E-state index contributed by atoms with van der Waals surface area (Å²) in [6, 6.07) is 13.3. The lowest BCUT2D eigenvalue weighted by molar-refractivity contribution is -0.0143. The van der Waals surface area contributed by atoms with Gasteiger partial charge in [0.05, 0.1) is 30.1 Å². The van der Waals surface area contributed by atoms with Crippen LogP contribution in [0.15, 0.2) is 55.0 Å². The van der Waals surface area contributed by atoms with Gasteiger partial charge >= 0.3 is 0 Å². The number of hydrogen-bond acceptors (Lipinski definition) is 8. The molecule has 0 aliphatic carbocycles. The molecule has 0 radical (unpaired) electrons. The van der Waals surface area contributed by atoms with Gasteiger partial charge in [0.15, 0.2) is 18.3 Å². The Morgan fingerprint density at radius 2 is 1.97 bits per heavy atom. The third kappa shape index (κ3) is 5.03. The first-order chi connectivity index (χ1) is 16.7. The second-order valence-corrected chi connectivity index (χ2v) is 8.56. The summed E-state index contributed by atoms with van der Waals surface area (Å²) >= 11 is 0. The molecule has 4 aromatic rings. The molecule has 0 N–H and O–H groups in total. The van der Waals surface area contributed by atoms with Gasteiger partial charge in [0, 0.05) is 30.3 Å². The third-order valence-corrected chi connectivity index (χ3v) is 6.05. The molecule has 1 saturated heterocycles. The summed E-state index contributed by atoms with van der Waals surface area (Å²) in [6.45, 7) is 3.06. The zero-order chi connectivity index (χ0) is 23.3. The Hall–Kier alpha value is -3.49. The largest absolute Gasteiger partial charge is 0.493 e. The van der Waals surface area contributed by atoms with E-state index in [1.165, 1.54) is 19.2 Å². The van der Waals surface area contributed by atoms with E-state index in [1.807, 2.05) is 42.5 Å². The van der Waals surface area contributed by atoms with Crippen molar-refractivity contribution in [3.05, 3.63) is 55.0 Å². The van der Waals surface area contributed by atoms with Crippen LogP contribution in [-0.4, -0.2) is 60.5 Å². The van der Waals surface area contributed by atoms with E-state index < -0.39 is 0 Å². The minimum absolute atomic E-state index is 0.153. The molecule has 3 heterocycles. The highest BCUT2D eigenvalue weighted by Crippen LogP contribution is 2.36. The number of fused-ring (bicyclic) bond motifs is 2. The van der Waals surface area contributed by atoms with Crippen LogP contribution >= 0.6 is 0 Å². The van der Waals surface area contributed by atoms with Crippen LogP contribution in [0.3, 0.4) is 0 Å². The minimum Gasteiger partial charge on any atom is -0.493 e. The fourth-order valence-electron chi connectivity index (χ4n) is 4.34. The van der Waals surface area contributed by atoms with E-state index >= 15 is 0 Å². The quantitative estimate of drug-likeness (QED) is 0.277. The average Bonchev–Trinajstić information content (AvgIpc) is 2.86. The van der Waals surface area contributed by atoms with Crippen LogP contribution in [0.4, 0.5) is 0 Å². The maximum atomic E-state index is 6.10. The summed E-state index contributed by atoms with van der Waals surface area (Å²) in [5.41, 5.74) is 1.54. The summed E-state index contributed by atoms with van der Waals surface area (Å²) in [4.78, 5) is 15.5. The molecule has 0 bridgehead atoms. The number of piperidine rings is 1. The van der Waals surface area contributed by atoms with Crippen molar-refractivity contribution in [2.45, 2.75) is 12.8 Å². The molecule has 8 heteroatoms. The number of likely N-dealkylation sites (tertiary alicyclic amines) is 1. The van der Waals surface area contributed by atoms with E-state index in [2.05, 4.69) is 26.9 Å². The molecular weight excluding hydrogens is 432 g/mol. The molecule has 2 aromatic carbocycles. The fourth-order valence-corrected chi connectivity index (χ4v) is 4.34. The molecule has 0 saturated carbocycles. The van der Waals surface area contributed by atoms with Crippen molar-refractivity contribution < 1.29 is 18.9 Å². The van der Waals surface area contributed by atoms with Gasteiger partial charge in [-0.25, -0.2) is 9.97 Å². The molecule has 0 amide bonds. The summed E-state index contributed by atoms with van der Waals surface area (Å²) in [7, 11) is 3.76. The molecule has 1 atom stereocenters. The van der Waals surface area contributed by atoms with Crippen molar-refractivity contribution in [3.63, 3.8) is 0 Å². The van der Waals surface area contributed by atoms with Crippen LogP contribution in [0, 0.1) is 5.92 Å². The highest BCUT2D eigenvalue weighted by molar-refractivity contribution is 5.87. The van der Waals surface area contributed by atoms with Crippen molar-refractivity contribution in [1.29, 1.82) is 0 Å². The molecule has 1 aliphatic heterocycles. The Bertz CT molecular complexity index is 1280. The maximum absolute atomic E-state index is 6.10. The van der Waals surface area contributed by atoms with Crippen molar-refractivity contribution in [2.75, 3.05) is 40.6 Å². The van der Waals surface area contributed by atoms with E-state index in [4.69, 9.17) is 18.9 Å². The first-order valence-electron chi connectivity index (χ1n) is 11.4. The molecule has 5 rings (SSSR count). The van der Waals surface area contributed by atoms with E-state index in [1.54, 1.807) is 13.3 Å². The number of hydrogen-bond donors (Lipinski definition) is 0. The van der Waals surface area contributed by atoms with Crippen LogP contribution < -0.4 is 14.2 Å². The van der Waals surface area contributed by atoms with Gasteiger partial charge in [0.1, 0.15) is 12.1 Å². The molecule has 1 fully saturated rings. The standard InChI is InChI=1S/C26H28N4O4/c1-30-10-4-5-18(14-30)15-32-17-33-25-13-23-21(12-24(25)31-2)26(29-16-28-23)34-20-8-7-19-6-3-9-27-22(19)11-20/h3,6-9,11-13,16,18H,4-5,10,14-15,17H2,1-2H3. The van der Waals surface area contributed by atoms with Crippen LogP contribution in [0.25, 0.3) is 21.8 Å². The molecule has 2 aromatic heterocycles. The highest BCUT2D eigenvalue weighted by atomic mass is 16.7. The smallest absolute Gasteiger partial charge is 0.230 e. The summed E-state index contributed by atoms with van der Waals surface area (Å²) in [5.74, 6) is 2.75. The summed E-state index contributed by atoms with van der Waals surface area (Å²) < 4.78 is 23.4. The van der Waals surface area contributed by atoms with Crippen LogP contribution in [0.5, 0.6) is 23.1 Å². The molecular formula is C26H28N4O4. The predicted octanol–water partition coefficient (Wildman–Crippen LogP) is 4.67. The Morgan fingerprint density at radius 3 is 2.85 bits per heavy atom. The molecule has 176 valence electrons. The second kappa shape index (κ2) is 10.2. The lowest BCUT2D eigenvalue weighted by Gasteiger charge is -2.29. The molecule has 1 unspecified atom stereocenters. The van der Waals surface area contributed by atoms with E-state index in [-0.39, 0.29) is 6.79 Å². The molecule has 34 heavy (non-hydrogen) atoms. The first-order valence-corrected chi connectivity index (χ1v) is 11.4. The van der Waals surface area contributed by atoms with Crippen molar-refractivity contribution in [1.82, 2.24) is 19.9 Å². The first kappa shape index (κ1) is 22.3. The van der Waals surface area contributed by atoms with Gasteiger partial charge in [0.25, 0.3) is 0 Å². The highest BCUT2D eigenvalue weighted by Gasteiger charge is 2.18. The fraction of sp³-hybridized carbons (Fsp3) is 0.346. The van der Waals surface area contributed by atoms with Gasteiger partial charge < -0.3 is 23.8 Å². The van der Waals surface area contributed by atoms with E-state index in [9.17, 15) is 0 Å². The summed E-state index contributed by atoms with van der Waals surface area (Å²) in [5, 5.41) is 1.77. The number of benzene rings is 2. The van der Waals surface area contributed by atoms with Crippen LogP contribution in [0.2, 0.25) is 0 Å². The predicted molar refractivity (Wildman–Crippen MR) is 130 cm³/mol. The monoisotopic (exact) mass is 460 g/mol. The number of aromatic nitrogens is 3. The van der Waals surface area contributed by atoms with Crippen LogP contribution in [0.1, 0.15) is 12.8 Å². The number of nitrogens with zero attached hydrogens (tertiary/aromatic N) is 4. The van der Waals surface area contributed by atoms with Gasteiger partial charge in [-0.1, -0.05) is 6.07 Å². The number of pyridine rings is 1. The Labute approximate surface area is 198 Å². The third-order valence-electron chi connectivity index (χ3n) is 6.05. The Kier molecular flexibility index (Phi) is 6.69. The van der Waals surface area contributed by atoms with Crippen molar-refractivity contribution in [3.8, 4) is 23.1 Å². The number of ether oxygens (including phenoxy) is 4. The molecule has 8 nitrogen and oxygen atoms in total. The number of methoxy groups -OCH3 is 1. The second-order valence-electron chi connectivity index (χ2n) is 8.56. The van der Waals surface area contributed by atoms with Gasteiger partial charge in [-0.3, -0.25) is 4.98 Å². The zero-order valence-corrected chi connectivity index (χ0v) is 19.4. The topological polar surface area (TPSA) is 78.8 Å². The zero-order valence-electron chi connectivity index (χ0n) is 19.4. The number of rotatable bonds is 8. The lowest BCUT2D eigenvalue weighted by Crippen LogP contribution is -2.34. The van der Waals surface area contributed by atoms with Gasteiger partial charge in [-0.05, 0) is 56.6 Å². The van der Waals surface area contributed by atoms with Crippen LogP contribution in [-0.2, 0) is 4.74 Å². The van der Waals surface area contributed by atoms with E-state index in [0.29, 0.717) is 41.2 Å². The summed E-state index contributed by atoms with van der Waals surface area (Å²) in [6.07, 6.45) is 5.64. The average molecular weight is 461 g/mol. The molecule has 0 spiro atoms. The minimum atomic E-state index is 0.153. The van der Waals surface area contributed by atoms with E-state index in [0.717, 1.165) is 29.4 Å². The van der Waals surface area contributed by atoms with Gasteiger partial charge in [-0.15, -0.1) is 0 Å². The van der Waals surface area contributed by atoms with Gasteiger partial charge in [0.2, 0.25) is 5.88 Å². The molecule has 1 aliphatic rings. The Morgan fingerprint density at radius 1 is 1.03 bits per heavy atom. The van der Waals surface area contributed by atoms with Crippen molar-refractivity contribution >= 4 is 21.8 Å². The Balaban J connectivity index is 1.31. The lowest BCUT2D eigenvalue weighted by atomic mass is 10.00. The maximum Gasteiger partial charge on any atom is 0.230 e. The normalized spacial score (nSPS) is 16.6. The SMILES string of the molecule is COc1cc2c(Oc3ccc4cccnc4c3)ncnc2cc1OCOCC1CCCN(C)C1. The van der Waals surface area contributed by atoms with Crippen molar-refractivity contribution in [2.24, 2.45) is 5.92 Å². The van der Waals surface area contributed by atoms with Gasteiger partial charge in [-0.2, -0.15) is 0 Å².